The summed E-state index contributed by atoms with van der Waals surface area (Å²) in [6, 6.07) is 4.13. The van der Waals surface area contributed by atoms with Crippen LogP contribution in [0.5, 0.6) is 0 Å². The summed E-state index contributed by atoms with van der Waals surface area (Å²) in [4.78, 5) is 15.7. The maximum absolute atomic E-state index is 13.8. The van der Waals surface area contributed by atoms with Crippen molar-refractivity contribution in [2.45, 2.75) is 6.42 Å². The number of carbonyl (C=O) groups is 1. The van der Waals surface area contributed by atoms with Gasteiger partial charge in [-0.1, -0.05) is 11.8 Å². The lowest BCUT2D eigenvalue weighted by atomic mass is 10.1. The average Bonchev–Trinajstić information content (AvgIpc) is 2.92. The Hall–Kier alpha value is -2.23. The van der Waals surface area contributed by atoms with Crippen LogP contribution in [0.1, 0.15) is 22.3 Å². The predicted octanol–water partition coefficient (Wildman–Crippen LogP) is 2.27. The van der Waals surface area contributed by atoms with Crippen molar-refractivity contribution in [3.05, 3.63) is 46.7 Å². The Morgan fingerprint density at radius 3 is 3.00 bits per heavy atom. The first-order valence-corrected chi connectivity index (χ1v) is 6.69. The minimum atomic E-state index is -0.644. The summed E-state index contributed by atoms with van der Waals surface area (Å²) in [5.41, 5.74) is 0.398. The van der Waals surface area contributed by atoms with Gasteiger partial charge in [-0.05, 0) is 18.2 Å². The van der Waals surface area contributed by atoms with Crippen molar-refractivity contribution < 1.29 is 14.3 Å². The number of amides is 1. The third-order valence-electron chi connectivity index (χ3n) is 2.34. The van der Waals surface area contributed by atoms with E-state index >= 15 is 0 Å². The minimum absolute atomic E-state index is 0.0379. The quantitative estimate of drug-likeness (QED) is 0.852. The Bertz CT molecular complexity index is 660. The van der Waals surface area contributed by atoms with Gasteiger partial charge in [0.25, 0.3) is 5.91 Å². The molecule has 0 unspecified atom stereocenters. The second-order valence-corrected chi connectivity index (χ2v) is 4.66. The van der Waals surface area contributed by atoms with Crippen LogP contribution in [0.2, 0.25) is 0 Å². The normalized spacial score (nSPS) is 9.70. The number of aliphatic hydroxyl groups excluding tert-OH is 1. The fourth-order valence-electron chi connectivity index (χ4n) is 1.45. The lowest BCUT2D eigenvalue weighted by Crippen LogP contribution is -2.13. The molecule has 2 aromatic rings. The van der Waals surface area contributed by atoms with Crippen LogP contribution in [0.3, 0.4) is 0 Å². The van der Waals surface area contributed by atoms with Gasteiger partial charge in [0.2, 0.25) is 0 Å². The fraction of sp³-hybridized carbons (Fsp3) is 0.143. The Morgan fingerprint density at radius 2 is 2.35 bits per heavy atom. The van der Waals surface area contributed by atoms with Crippen LogP contribution >= 0.6 is 11.3 Å². The number of halogens is 1. The highest BCUT2D eigenvalue weighted by Gasteiger charge is 2.12. The number of thiazole rings is 1. The van der Waals surface area contributed by atoms with Gasteiger partial charge in [0, 0.05) is 23.6 Å². The summed E-state index contributed by atoms with van der Waals surface area (Å²) in [5.74, 6) is 4.20. The maximum Gasteiger partial charge on any atom is 0.260 e. The van der Waals surface area contributed by atoms with Crippen LogP contribution in [0.15, 0.2) is 29.8 Å². The molecule has 1 aromatic carbocycles. The smallest absolute Gasteiger partial charge is 0.260 e. The fourth-order valence-corrected chi connectivity index (χ4v) is 1.97. The topological polar surface area (TPSA) is 62.2 Å². The molecule has 2 N–H and O–H groups in total. The number of hydrogen-bond donors (Lipinski definition) is 2. The first-order valence-electron chi connectivity index (χ1n) is 5.81. The molecule has 0 atom stereocenters. The summed E-state index contributed by atoms with van der Waals surface area (Å²) >= 11 is 1.26. The molecule has 0 bridgehead atoms. The number of benzene rings is 1. The molecule has 1 amide bonds. The highest BCUT2D eigenvalue weighted by molar-refractivity contribution is 7.13. The highest BCUT2D eigenvalue weighted by Crippen LogP contribution is 2.15. The van der Waals surface area contributed by atoms with Gasteiger partial charge in [-0.2, -0.15) is 0 Å². The van der Waals surface area contributed by atoms with Gasteiger partial charge in [-0.3, -0.25) is 10.1 Å². The molecule has 0 saturated carbocycles. The lowest BCUT2D eigenvalue weighted by molar-refractivity contribution is 0.102. The van der Waals surface area contributed by atoms with E-state index in [4.69, 9.17) is 5.11 Å². The van der Waals surface area contributed by atoms with E-state index < -0.39 is 11.7 Å². The molecule has 0 radical (unpaired) electrons. The SMILES string of the molecule is O=C(Nc1nccs1)c1ccc(C#CCCO)cc1F. The minimum Gasteiger partial charge on any atom is -0.395 e. The number of aromatic nitrogens is 1. The molecule has 0 fully saturated rings. The Kier molecular flexibility index (Phi) is 4.82. The number of rotatable bonds is 3. The zero-order valence-corrected chi connectivity index (χ0v) is 11.2. The second-order valence-electron chi connectivity index (χ2n) is 3.76. The van der Waals surface area contributed by atoms with Crippen LogP contribution in [0.25, 0.3) is 0 Å². The number of hydrogen-bond acceptors (Lipinski definition) is 4. The Balaban J connectivity index is 2.13. The first-order chi connectivity index (χ1) is 9.70. The highest BCUT2D eigenvalue weighted by atomic mass is 32.1. The van der Waals surface area contributed by atoms with E-state index in [0.29, 0.717) is 17.1 Å². The molecule has 6 heteroatoms. The molecular formula is C14H11FN2O2S. The van der Waals surface area contributed by atoms with E-state index in [1.807, 2.05) is 0 Å². The van der Waals surface area contributed by atoms with E-state index in [9.17, 15) is 9.18 Å². The summed E-state index contributed by atoms with van der Waals surface area (Å²) in [7, 11) is 0. The molecule has 1 aromatic heterocycles. The van der Waals surface area contributed by atoms with Crippen molar-refractivity contribution in [2.75, 3.05) is 11.9 Å². The summed E-state index contributed by atoms with van der Waals surface area (Å²) in [6.45, 7) is -0.0379. The van der Waals surface area contributed by atoms with Crippen molar-refractivity contribution in [3.8, 4) is 11.8 Å². The molecule has 0 aliphatic heterocycles. The molecular weight excluding hydrogens is 279 g/mol. The van der Waals surface area contributed by atoms with Crippen LogP contribution in [-0.2, 0) is 0 Å². The van der Waals surface area contributed by atoms with Crippen LogP contribution in [0, 0.1) is 17.7 Å². The van der Waals surface area contributed by atoms with Crippen molar-refractivity contribution >= 4 is 22.4 Å². The van der Waals surface area contributed by atoms with E-state index in [1.165, 1.54) is 23.5 Å². The zero-order chi connectivity index (χ0) is 14.4. The van der Waals surface area contributed by atoms with Crippen LogP contribution < -0.4 is 5.32 Å². The average molecular weight is 290 g/mol. The molecule has 0 saturated heterocycles. The first kappa shape index (κ1) is 14.2. The molecule has 1 heterocycles. The summed E-state index contributed by atoms with van der Waals surface area (Å²) < 4.78 is 13.8. The van der Waals surface area contributed by atoms with Gasteiger partial charge in [0.1, 0.15) is 5.82 Å². The van der Waals surface area contributed by atoms with Gasteiger partial charge >= 0.3 is 0 Å². The summed E-state index contributed by atoms with van der Waals surface area (Å²) in [5, 5.41) is 13.2. The van der Waals surface area contributed by atoms with Gasteiger partial charge in [0.05, 0.1) is 12.2 Å². The monoisotopic (exact) mass is 290 g/mol. The molecule has 2 rings (SSSR count). The number of nitrogens with one attached hydrogen (secondary N) is 1. The third-order valence-corrected chi connectivity index (χ3v) is 3.02. The zero-order valence-electron chi connectivity index (χ0n) is 10.4. The van der Waals surface area contributed by atoms with Crippen LogP contribution in [-0.4, -0.2) is 22.6 Å². The number of carbonyl (C=O) groups excluding carboxylic acids is 1. The lowest BCUT2D eigenvalue weighted by Gasteiger charge is -2.03. The number of anilines is 1. The Morgan fingerprint density at radius 1 is 1.50 bits per heavy atom. The molecule has 0 aliphatic carbocycles. The number of nitrogens with zero attached hydrogens (tertiary/aromatic N) is 1. The van der Waals surface area contributed by atoms with Crippen molar-refractivity contribution in [2.24, 2.45) is 0 Å². The molecule has 102 valence electrons. The predicted molar refractivity (Wildman–Crippen MR) is 75.0 cm³/mol. The van der Waals surface area contributed by atoms with E-state index in [-0.39, 0.29) is 12.2 Å². The summed E-state index contributed by atoms with van der Waals surface area (Å²) in [6.07, 6.45) is 1.88. The van der Waals surface area contributed by atoms with Crippen molar-refractivity contribution in [1.29, 1.82) is 0 Å². The van der Waals surface area contributed by atoms with E-state index in [2.05, 4.69) is 22.1 Å². The van der Waals surface area contributed by atoms with Gasteiger partial charge in [0.15, 0.2) is 5.13 Å². The van der Waals surface area contributed by atoms with E-state index in [0.717, 1.165) is 0 Å². The van der Waals surface area contributed by atoms with E-state index in [1.54, 1.807) is 17.6 Å². The molecule has 4 nitrogen and oxygen atoms in total. The molecule has 0 aliphatic rings. The standard InChI is InChI=1S/C14H11FN2O2S/c15-12-9-10(3-1-2-7-18)4-5-11(12)13(19)17-14-16-6-8-20-14/h4-6,8-9,18H,2,7H2,(H,16,17,19). The molecule has 20 heavy (non-hydrogen) atoms. The van der Waals surface area contributed by atoms with Crippen LogP contribution in [0.4, 0.5) is 9.52 Å². The van der Waals surface area contributed by atoms with Crippen molar-refractivity contribution in [3.63, 3.8) is 0 Å². The maximum atomic E-state index is 13.8. The largest absolute Gasteiger partial charge is 0.395 e. The van der Waals surface area contributed by atoms with Gasteiger partial charge in [-0.15, -0.1) is 11.3 Å². The van der Waals surface area contributed by atoms with Crippen molar-refractivity contribution in [1.82, 2.24) is 4.98 Å². The number of aliphatic hydroxyl groups is 1. The second kappa shape index (κ2) is 6.80. The molecule has 0 spiro atoms. The van der Waals surface area contributed by atoms with Gasteiger partial charge < -0.3 is 5.11 Å². The van der Waals surface area contributed by atoms with Gasteiger partial charge in [-0.25, -0.2) is 9.37 Å². The Labute approximate surface area is 119 Å². The third kappa shape index (κ3) is 3.63.